The first-order valence-corrected chi connectivity index (χ1v) is 8.54. The van der Waals surface area contributed by atoms with Crippen LogP contribution in [0.25, 0.3) is 0 Å². The fourth-order valence-corrected chi connectivity index (χ4v) is 1.37. The van der Waals surface area contributed by atoms with Gasteiger partial charge in [0, 0.05) is 6.08 Å². The van der Waals surface area contributed by atoms with Crippen molar-refractivity contribution in [1.82, 2.24) is 0 Å². The number of hydrogen-bond acceptors (Lipinski definition) is 3. The van der Waals surface area contributed by atoms with Crippen molar-refractivity contribution in [3.63, 3.8) is 0 Å². The summed E-state index contributed by atoms with van der Waals surface area (Å²) >= 11 is 0. The minimum Gasteiger partial charge on any atom is -0.457 e. The average molecular weight is 230 g/mol. The maximum absolute atomic E-state index is 11.2. The summed E-state index contributed by atoms with van der Waals surface area (Å²) < 4.78 is 10.7. The van der Waals surface area contributed by atoms with Gasteiger partial charge in [-0.1, -0.05) is 6.08 Å². The number of rotatable bonds is 4. The van der Waals surface area contributed by atoms with Gasteiger partial charge in [-0.2, -0.15) is 0 Å². The van der Waals surface area contributed by atoms with E-state index in [1.165, 1.54) is 6.08 Å². The summed E-state index contributed by atoms with van der Waals surface area (Å²) in [6.07, 6.45) is 3.12. The molecule has 0 atom stereocenters. The van der Waals surface area contributed by atoms with Crippen molar-refractivity contribution in [2.24, 2.45) is 0 Å². The molecule has 0 unspecified atom stereocenters. The van der Waals surface area contributed by atoms with E-state index in [0.717, 1.165) is 0 Å². The highest BCUT2D eigenvalue weighted by Gasteiger charge is 2.14. The standard InChI is InChI=1S/C11H22O3Si/c1-11(2,3)14-10(12)8-7-9-13-15(4,5)6/h7-8H,9H2,1-6H3/b8-7+. The van der Waals surface area contributed by atoms with Crippen molar-refractivity contribution >= 4 is 14.3 Å². The van der Waals surface area contributed by atoms with Crippen LogP contribution in [0.3, 0.4) is 0 Å². The first kappa shape index (κ1) is 14.4. The zero-order valence-electron chi connectivity index (χ0n) is 10.6. The zero-order chi connectivity index (χ0) is 12.1. The topological polar surface area (TPSA) is 35.5 Å². The van der Waals surface area contributed by atoms with Crippen LogP contribution in [0.5, 0.6) is 0 Å². The molecule has 0 aromatic carbocycles. The van der Waals surface area contributed by atoms with E-state index in [1.54, 1.807) is 6.08 Å². The largest absolute Gasteiger partial charge is 0.457 e. The van der Waals surface area contributed by atoms with Crippen molar-refractivity contribution in [1.29, 1.82) is 0 Å². The van der Waals surface area contributed by atoms with Crippen LogP contribution < -0.4 is 0 Å². The molecule has 0 amide bonds. The van der Waals surface area contributed by atoms with Crippen molar-refractivity contribution in [2.45, 2.75) is 46.0 Å². The Kier molecular flexibility index (Phi) is 5.24. The van der Waals surface area contributed by atoms with Crippen LogP contribution in [-0.4, -0.2) is 26.5 Å². The minimum absolute atomic E-state index is 0.318. The first-order valence-electron chi connectivity index (χ1n) is 5.14. The monoisotopic (exact) mass is 230 g/mol. The Morgan fingerprint density at radius 3 is 2.20 bits per heavy atom. The molecular formula is C11H22O3Si. The molecule has 3 nitrogen and oxygen atoms in total. The Bertz CT molecular complexity index is 233. The predicted molar refractivity (Wildman–Crippen MR) is 64.3 cm³/mol. The van der Waals surface area contributed by atoms with Crippen molar-refractivity contribution in [2.75, 3.05) is 6.61 Å². The number of ether oxygens (including phenoxy) is 1. The normalized spacial score (nSPS) is 13.2. The molecule has 0 aromatic heterocycles. The molecule has 0 fully saturated rings. The Morgan fingerprint density at radius 2 is 1.80 bits per heavy atom. The fourth-order valence-electron chi connectivity index (χ4n) is 0.778. The smallest absolute Gasteiger partial charge is 0.331 e. The van der Waals surface area contributed by atoms with Gasteiger partial charge in [-0.15, -0.1) is 0 Å². The van der Waals surface area contributed by atoms with Gasteiger partial charge in [-0.3, -0.25) is 0 Å². The minimum atomic E-state index is -1.48. The van der Waals surface area contributed by atoms with Crippen LogP contribution in [0, 0.1) is 0 Å². The Morgan fingerprint density at radius 1 is 1.27 bits per heavy atom. The maximum atomic E-state index is 11.2. The number of carbonyl (C=O) groups excluding carboxylic acids is 1. The number of esters is 1. The van der Waals surface area contributed by atoms with E-state index in [4.69, 9.17) is 9.16 Å². The highest BCUT2D eigenvalue weighted by Crippen LogP contribution is 2.07. The third-order valence-electron chi connectivity index (χ3n) is 1.27. The molecule has 0 aliphatic rings. The lowest BCUT2D eigenvalue weighted by Gasteiger charge is -2.18. The summed E-state index contributed by atoms with van der Waals surface area (Å²) in [5.74, 6) is -0.318. The lowest BCUT2D eigenvalue weighted by Crippen LogP contribution is -2.25. The SMILES string of the molecule is CC(C)(C)OC(=O)/C=C/CO[Si](C)(C)C. The quantitative estimate of drug-likeness (QED) is 0.423. The molecule has 0 aromatic rings. The number of hydrogen-bond donors (Lipinski definition) is 0. The van der Waals surface area contributed by atoms with Gasteiger partial charge in [-0.25, -0.2) is 4.79 Å². The molecule has 4 heteroatoms. The van der Waals surface area contributed by atoms with Crippen molar-refractivity contribution < 1.29 is 14.0 Å². The summed E-state index contributed by atoms with van der Waals surface area (Å²) in [4.78, 5) is 11.2. The summed E-state index contributed by atoms with van der Waals surface area (Å²) in [5.41, 5.74) is -0.430. The molecule has 88 valence electrons. The maximum Gasteiger partial charge on any atom is 0.331 e. The van der Waals surface area contributed by atoms with Crippen molar-refractivity contribution in [3.05, 3.63) is 12.2 Å². The van der Waals surface area contributed by atoms with E-state index >= 15 is 0 Å². The zero-order valence-corrected chi connectivity index (χ0v) is 11.6. The lowest BCUT2D eigenvalue weighted by atomic mass is 10.2. The second-order valence-corrected chi connectivity index (χ2v) is 9.87. The van der Waals surface area contributed by atoms with E-state index in [1.807, 2.05) is 20.8 Å². The summed E-state index contributed by atoms with van der Waals surface area (Å²) in [6.45, 7) is 12.3. The second-order valence-electron chi connectivity index (χ2n) is 5.36. The molecule has 0 radical (unpaired) electrons. The molecule has 0 rings (SSSR count). The molecule has 0 spiro atoms. The van der Waals surface area contributed by atoms with Gasteiger partial charge >= 0.3 is 5.97 Å². The molecule has 0 N–H and O–H groups in total. The predicted octanol–water partition coefficient (Wildman–Crippen LogP) is 2.74. The van der Waals surface area contributed by atoms with E-state index in [2.05, 4.69) is 19.6 Å². The van der Waals surface area contributed by atoms with E-state index in [9.17, 15) is 4.79 Å². The Labute approximate surface area is 93.6 Å². The number of carbonyl (C=O) groups is 1. The Balaban J connectivity index is 3.84. The van der Waals surface area contributed by atoms with Crippen LogP contribution in [0.15, 0.2) is 12.2 Å². The molecular weight excluding hydrogens is 208 g/mol. The van der Waals surface area contributed by atoms with Crippen LogP contribution in [-0.2, 0) is 14.0 Å². The lowest BCUT2D eigenvalue weighted by molar-refractivity contribution is -0.148. The van der Waals surface area contributed by atoms with Crippen LogP contribution in [0.4, 0.5) is 0 Å². The first-order chi connectivity index (χ1) is 6.60. The van der Waals surface area contributed by atoms with Crippen LogP contribution in [0.1, 0.15) is 20.8 Å². The van der Waals surface area contributed by atoms with E-state index in [0.29, 0.717) is 6.61 Å². The molecule has 0 aliphatic heterocycles. The van der Waals surface area contributed by atoms with Crippen molar-refractivity contribution in [3.8, 4) is 0 Å². The van der Waals surface area contributed by atoms with Gasteiger partial charge in [0.15, 0.2) is 8.32 Å². The molecule has 15 heavy (non-hydrogen) atoms. The summed E-state index contributed by atoms with van der Waals surface area (Å²) in [6, 6.07) is 0. The van der Waals surface area contributed by atoms with Crippen LogP contribution >= 0.6 is 0 Å². The fraction of sp³-hybridized carbons (Fsp3) is 0.727. The third kappa shape index (κ3) is 11.3. The molecule has 0 aliphatic carbocycles. The van der Waals surface area contributed by atoms with E-state index < -0.39 is 13.9 Å². The van der Waals surface area contributed by atoms with Gasteiger partial charge in [0.2, 0.25) is 0 Å². The molecule has 0 saturated carbocycles. The second kappa shape index (κ2) is 5.46. The highest BCUT2D eigenvalue weighted by molar-refractivity contribution is 6.69. The summed E-state index contributed by atoms with van der Waals surface area (Å²) in [5, 5.41) is 0. The van der Waals surface area contributed by atoms with Gasteiger partial charge < -0.3 is 9.16 Å². The van der Waals surface area contributed by atoms with Gasteiger partial charge in [0.25, 0.3) is 0 Å². The third-order valence-corrected chi connectivity index (χ3v) is 2.31. The van der Waals surface area contributed by atoms with Crippen LogP contribution in [0.2, 0.25) is 19.6 Å². The molecule has 0 saturated heterocycles. The van der Waals surface area contributed by atoms with E-state index in [-0.39, 0.29) is 5.97 Å². The average Bonchev–Trinajstić information content (AvgIpc) is 1.92. The summed E-state index contributed by atoms with van der Waals surface area (Å²) in [7, 11) is -1.48. The Hall–Kier alpha value is -0.613. The van der Waals surface area contributed by atoms with Gasteiger partial charge in [0.05, 0.1) is 6.61 Å². The molecule has 0 bridgehead atoms. The van der Waals surface area contributed by atoms with Gasteiger partial charge in [-0.05, 0) is 40.4 Å². The van der Waals surface area contributed by atoms with Gasteiger partial charge in [0.1, 0.15) is 5.60 Å². The highest BCUT2D eigenvalue weighted by atomic mass is 28.4. The molecule has 0 heterocycles.